The fraction of sp³-hybridized carbons (Fsp3) is 0.261. The molecule has 14 rings (SSSR count). The van der Waals surface area contributed by atoms with Gasteiger partial charge in [0.05, 0.1) is 28.1 Å². The third kappa shape index (κ3) is 14.5. The van der Waals surface area contributed by atoms with E-state index in [4.69, 9.17) is 19.9 Å². The summed E-state index contributed by atoms with van der Waals surface area (Å²) in [4.78, 5) is 20.0. The van der Waals surface area contributed by atoms with Gasteiger partial charge in [0.2, 0.25) is 0 Å². The number of phenols is 2. The van der Waals surface area contributed by atoms with Gasteiger partial charge in [0.1, 0.15) is 23.1 Å². The summed E-state index contributed by atoms with van der Waals surface area (Å²) in [6.07, 6.45) is 3.68. The predicted octanol–water partition coefficient (Wildman–Crippen LogP) is 24.1. The van der Waals surface area contributed by atoms with Gasteiger partial charge in [-0.05, 0) is 196 Å². The molecule has 0 atom stereocenters. The first kappa shape index (κ1) is 71.1. The summed E-state index contributed by atoms with van der Waals surface area (Å²) in [6, 6.07) is 77.8. The van der Waals surface area contributed by atoms with Gasteiger partial charge in [-0.3, -0.25) is 9.55 Å². The molecule has 8 aromatic carbocycles. The number of aromatic hydroxyl groups is 2. The number of rotatable bonds is 8. The average molecular weight is 1510 g/mol. The maximum Gasteiger partial charge on any atom is 0.137 e. The molecule has 9 heteroatoms. The van der Waals surface area contributed by atoms with Crippen molar-refractivity contribution in [2.24, 2.45) is 0 Å². The van der Waals surface area contributed by atoms with Crippen LogP contribution in [0.2, 0.25) is 0 Å². The van der Waals surface area contributed by atoms with E-state index in [-0.39, 0.29) is 65.1 Å². The molecular formula is C92H93N6O2Pt-. The molecular weight excluding hydrogens is 1420 g/mol. The van der Waals surface area contributed by atoms with Gasteiger partial charge in [0.25, 0.3) is 0 Å². The zero-order valence-electron chi connectivity index (χ0n) is 61.8. The third-order valence-corrected chi connectivity index (χ3v) is 19.5. The minimum Gasteiger partial charge on any atom is -0.507 e. The van der Waals surface area contributed by atoms with Crippen LogP contribution in [0.4, 0.5) is 0 Å². The number of fused-ring (bicyclic) bond motifs is 6. The van der Waals surface area contributed by atoms with Crippen molar-refractivity contribution in [3.05, 3.63) is 264 Å². The molecule has 0 bridgehead atoms. The first-order valence-electron chi connectivity index (χ1n) is 35.0. The first-order valence-corrected chi connectivity index (χ1v) is 35.0. The topological polar surface area (TPSA) is 102 Å². The van der Waals surface area contributed by atoms with E-state index in [0.717, 1.165) is 89.6 Å². The number of hydrogen-bond donors (Lipinski definition) is 2. The van der Waals surface area contributed by atoms with Gasteiger partial charge < -0.3 is 14.8 Å². The van der Waals surface area contributed by atoms with Crippen molar-refractivity contribution in [2.75, 3.05) is 0 Å². The van der Waals surface area contributed by atoms with Crippen LogP contribution in [0.5, 0.6) is 11.5 Å². The second-order valence-electron chi connectivity index (χ2n) is 33.3. The molecule has 101 heavy (non-hydrogen) atoms. The van der Waals surface area contributed by atoms with Crippen LogP contribution in [0, 0.1) is 6.07 Å². The molecule has 0 aliphatic heterocycles. The van der Waals surface area contributed by atoms with Crippen LogP contribution in [0.3, 0.4) is 0 Å². The summed E-state index contributed by atoms with van der Waals surface area (Å²) < 4.78 is 4.47. The van der Waals surface area contributed by atoms with Gasteiger partial charge in [-0.2, -0.15) is 0 Å². The zero-order chi connectivity index (χ0) is 71.2. The van der Waals surface area contributed by atoms with Crippen LogP contribution in [0.15, 0.2) is 225 Å². The molecule has 0 saturated carbocycles. The van der Waals surface area contributed by atoms with E-state index in [2.05, 4.69) is 273 Å². The molecule has 0 amide bonds. The number of phenolic OH excluding ortho intramolecular Hbond substituents is 2. The Morgan fingerprint density at radius 1 is 0.297 bits per heavy atom. The van der Waals surface area contributed by atoms with Crippen LogP contribution >= 0.6 is 0 Å². The van der Waals surface area contributed by atoms with Crippen molar-refractivity contribution in [3.8, 4) is 90.4 Å². The number of benzene rings is 8. The summed E-state index contributed by atoms with van der Waals surface area (Å²) in [6.45, 7) is 40.7. The smallest absolute Gasteiger partial charge is 0.137 e. The number of pyridine rings is 4. The second-order valence-corrected chi connectivity index (χ2v) is 33.3. The maximum atomic E-state index is 11.0. The molecule has 8 nitrogen and oxygen atoms in total. The Morgan fingerprint density at radius 2 is 0.683 bits per heavy atom. The van der Waals surface area contributed by atoms with Gasteiger partial charge >= 0.3 is 0 Å². The number of aromatic nitrogens is 6. The molecule has 0 spiro atoms. The summed E-state index contributed by atoms with van der Waals surface area (Å²) >= 11 is 0. The van der Waals surface area contributed by atoms with E-state index < -0.39 is 0 Å². The Labute approximate surface area is 611 Å². The van der Waals surface area contributed by atoms with Gasteiger partial charge in [0.15, 0.2) is 0 Å². The third-order valence-electron chi connectivity index (χ3n) is 19.5. The predicted molar refractivity (Wildman–Crippen MR) is 420 cm³/mol. The minimum absolute atomic E-state index is 0. The van der Waals surface area contributed by atoms with Crippen molar-refractivity contribution < 1.29 is 31.3 Å². The monoisotopic (exact) mass is 1510 g/mol. The Morgan fingerprint density at radius 3 is 1.13 bits per heavy atom. The molecule has 514 valence electrons. The van der Waals surface area contributed by atoms with Gasteiger partial charge in [0, 0.05) is 66.4 Å². The van der Waals surface area contributed by atoms with E-state index in [1.54, 1.807) is 12.1 Å². The van der Waals surface area contributed by atoms with E-state index in [0.29, 0.717) is 16.8 Å². The molecule has 14 aromatic rings. The van der Waals surface area contributed by atoms with E-state index in [1.807, 2.05) is 79.1 Å². The quantitative estimate of drug-likeness (QED) is 0.147. The number of hydrogen-bond acceptors (Lipinski definition) is 6. The van der Waals surface area contributed by atoms with Crippen molar-refractivity contribution in [3.63, 3.8) is 0 Å². The summed E-state index contributed by atoms with van der Waals surface area (Å²) in [5.74, 6) is 2.13. The SMILES string of the molecule is CC(C)(C)c1cc(-c2cc(-c3[c-]c4c(cc3)c3cc(C(C)(C)C)ccc3n4-c3ccccn3)nc(-c3ccccc3O)c2)cc(C(C)(C)C)c1.CC(C)(C)c1cc(-c2cc(-c3ccc4c5cc(C(C)(C)C)ccc5n(-c5ccccn5)c4c3)nc(-c3ccccc3O)c2)cc(C(C)(C)C)c1.[Pt]. The van der Waals surface area contributed by atoms with Crippen LogP contribution < -0.4 is 0 Å². The summed E-state index contributed by atoms with van der Waals surface area (Å²) in [5.41, 5.74) is 22.6. The van der Waals surface area contributed by atoms with E-state index in [1.165, 1.54) is 49.5 Å². The Kier molecular flexibility index (Phi) is 18.8. The average Bonchev–Trinajstić information content (AvgIpc) is 1.61. The summed E-state index contributed by atoms with van der Waals surface area (Å²) in [5, 5.41) is 26.7. The molecule has 0 aliphatic rings. The van der Waals surface area contributed by atoms with Gasteiger partial charge in [-0.1, -0.05) is 239 Å². The molecule has 0 fully saturated rings. The Hall–Kier alpha value is -9.75. The van der Waals surface area contributed by atoms with Crippen molar-refractivity contribution in [1.29, 1.82) is 0 Å². The molecule has 0 radical (unpaired) electrons. The fourth-order valence-electron chi connectivity index (χ4n) is 13.3. The minimum atomic E-state index is -0.0308. The van der Waals surface area contributed by atoms with Crippen LogP contribution in [0.25, 0.3) is 123 Å². The summed E-state index contributed by atoms with van der Waals surface area (Å²) in [7, 11) is 0. The van der Waals surface area contributed by atoms with Gasteiger partial charge in [-0.15, -0.1) is 23.8 Å². The van der Waals surface area contributed by atoms with E-state index in [9.17, 15) is 10.2 Å². The van der Waals surface area contributed by atoms with E-state index >= 15 is 0 Å². The number of nitrogens with zero attached hydrogens (tertiary/aromatic N) is 6. The standard InChI is InChI=1S/C46H47N3O.C46H46N3O.Pt/c2*1-44(2,3)32-18-20-40-37(28-32)35-19-17-29(26-41(35)49(40)43-16-12-13-21-47-43)38-24-31(25-39(48-38)36-14-10-11-15-42(36)50)30-22-33(45(4,5)6)27-34(23-30)46(7,8)9;/h10-28,50H,1-9H3;10-25,27-28,50H,1-9H3;/q;-1;. The second kappa shape index (κ2) is 26.6. The zero-order valence-corrected chi connectivity index (χ0v) is 64.0. The molecule has 2 N–H and O–H groups in total. The van der Waals surface area contributed by atoms with Crippen LogP contribution in [-0.4, -0.2) is 39.3 Å². The normalized spacial score (nSPS) is 12.5. The molecule has 0 aliphatic carbocycles. The van der Waals surface area contributed by atoms with Crippen LogP contribution in [0.1, 0.15) is 158 Å². The molecule has 6 heterocycles. The van der Waals surface area contributed by atoms with Crippen LogP contribution in [-0.2, 0) is 53.6 Å². The van der Waals surface area contributed by atoms with Crippen molar-refractivity contribution in [2.45, 2.75) is 157 Å². The Balaban J connectivity index is 0.000000189. The maximum absolute atomic E-state index is 11.0. The van der Waals surface area contributed by atoms with Crippen molar-refractivity contribution >= 4 is 43.6 Å². The fourth-order valence-corrected chi connectivity index (χ4v) is 13.3. The van der Waals surface area contributed by atoms with Gasteiger partial charge in [-0.25, -0.2) is 15.0 Å². The molecule has 0 unspecified atom stereocenters. The molecule has 6 aromatic heterocycles. The van der Waals surface area contributed by atoms with Crippen molar-refractivity contribution in [1.82, 2.24) is 29.1 Å². The number of para-hydroxylation sites is 2. The largest absolute Gasteiger partial charge is 0.507 e. The molecule has 0 saturated heterocycles. The first-order chi connectivity index (χ1) is 47.1. The Bertz CT molecular complexity index is 5040.